The first-order valence-electron chi connectivity index (χ1n) is 8.92. The smallest absolute Gasteiger partial charge is 0.315 e. The summed E-state index contributed by atoms with van der Waals surface area (Å²) in [7, 11) is 0. The van der Waals surface area contributed by atoms with E-state index in [2.05, 4.69) is 0 Å². The van der Waals surface area contributed by atoms with Crippen molar-refractivity contribution in [3.8, 4) is 0 Å². The second kappa shape index (κ2) is 7.48. The van der Waals surface area contributed by atoms with E-state index in [-0.39, 0.29) is 30.1 Å². The fourth-order valence-corrected chi connectivity index (χ4v) is 5.51. The van der Waals surface area contributed by atoms with Crippen molar-refractivity contribution in [2.45, 2.75) is 57.5 Å². The fraction of sp³-hybridized carbons (Fsp3) is 0.737. The number of allylic oxidation sites excluding steroid dienone is 2. The lowest BCUT2D eigenvalue weighted by atomic mass is 9.66. The van der Waals surface area contributed by atoms with Crippen LogP contribution in [0.1, 0.15) is 53.4 Å². The van der Waals surface area contributed by atoms with Gasteiger partial charge in [0.15, 0.2) is 4.11 Å². The summed E-state index contributed by atoms with van der Waals surface area (Å²) >= 11 is 1.80. The minimum absolute atomic E-state index is 0.0611. The van der Waals surface area contributed by atoms with Gasteiger partial charge in [-0.3, -0.25) is 14.4 Å². The number of aliphatic carboxylic acids is 2. The predicted molar refractivity (Wildman–Crippen MR) is 104 cm³/mol. The summed E-state index contributed by atoms with van der Waals surface area (Å²) in [5, 5.41) is 19.4. The number of hydrogen-bond acceptors (Lipinski definition) is 4. The molecule has 0 heterocycles. The van der Waals surface area contributed by atoms with Crippen LogP contribution in [0.5, 0.6) is 0 Å². The molecule has 2 fully saturated rings. The highest BCUT2D eigenvalue weighted by molar-refractivity contribution is 14.1. The number of carboxylic acid groups (broad SMARTS) is 2. The molecular formula is C19H27IO6. The number of esters is 1. The number of alkyl halides is 1. The maximum absolute atomic E-state index is 12.7. The van der Waals surface area contributed by atoms with E-state index in [1.54, 1.807) is 22.6 Å². The van der Waals surface area contributed by atoms with E-state index < -0.39 is 33.4 Å². The van der Waals surface area contributed by atoms with Crippen molar-refractivity contribution in [1.29, 1.82) is 0 Å². The Morgan fingerprint density at radius 1 is 1.19 bits per heavy atom. The Hall–Kier alpha value is -1.12. The molecule has 2 aliphatic carbocycles. The minimum atomic E-state index is -1.58. The molecule has 26 heavy (non-hydrogen) atoms. The highest BCUT2D eigenvalue weighted by atomic mass is 127. The third-order valence-electron chi connectivity index (χ3n) is 5.95. The lowest BCUT2D eigenvalue weighted by Crippen LogP contribution is -2.52. The summed E-state index contributed by atoms with van der Waals surface area (Å²) in [5.41, 5.74) is -0.699. The van der Waals surface area contributed by atoms with Crippen molar-refractivity contribution < 1.29 is 29.3 Å². The third-order valence-corrected chi connectivity index (χ3v) is 7.32. The van der Waals surface area contributed by atoms with Crippen LogP contribution in [0, 0.1) is 28.6 Å². The van der Waals surface area contributed by atoms with Crippen LogP contribution in [0.25, 0.3) is 0 Å². The zero-order valence-corrected chi connectivity index (χ0v) is 17.8. The molecule has 7 heteroatoms. The molecule has 2 saturated carbocycles. The van der Waals surface area contributed by atoms with Gasteiger partial charge in [-0.05, 0) is 60.6 Å². The Labute approximate surface area is 167 Å². The summed E-state index contributed by atoms with van der Waals surface area (Å²) in [4.78, 5) is 36.5. The molecule has 0 bridgehead atoms. The number of halogens is 1. The lowest BCUT2D eigenvalue weighted by Gasteiger charge is -2.41. The van der Waals surface area contributed by atoms with Crippen LogP contribution in [0.4, 0.5) is 0 Å². The van der Waals surface area contributed by atoms with Crippen LogP contribution in [-0.2, 0) is 19.1 Å². The number of carboxylic acids is 2. The van der Waals surface area contributed by atoms with E-state index in [0.717, 1.165) is 5.57 Å². The summed E-state index contributed by atoms with van der Waals surface area (Å²) in [5.74, 6) is -4.10. The SMILES string of the molecule is CC(C)=C[C@@H]1[C@@H](C(=O)OC(I)C2(C(=O)O)CCCCC2C(=O)O)C1(C)C. The molecule has 0 saturated heterocycles. The van der Waals surface area contributed by atoms with Crippen LogP contribution in [0.15, 0.2) is 11.6 Å². The molecule has 0 aliphatic heterocycles. The molecule has 5 atom stereocenters. The van der Waals surface area contributed by atoms with Crippen LogP contribution < -0.4 is 0 Å². The average molecular weight is 478 g/mol. The van der Waals surface area contributed by atoms with E-state index in [1.807, 2.05) is 33.8 Å². The molecule has 0 aromatic carbocycles. The van der Waals surface area contributed by atoms with E-state index in [1.165, 1.54) is 0 Å². The maximum Gasteiger partial charge on any atom is 0.315 e. The predicted octanol–water partition coefficient (Wildman–Crippen LogP) is 3.87. The van der Waals surface area contributed by atoms with Gasteiger partial charge >= 0.3 is 17.9 Å². The van der Waals surface area contributed by atoms with Crippen molar-refractivity contribution in [2.75, 3.05) is 0 Å². The van der Waals surface area contributed by atoms with Crippen LogP contribution >= 0.6 is 22.6 Å². The van der Waals surface area contributed by atoms with Crippen molar-refractivity contribution in [2.24, 2.45) is 28.6 Å². The van der Waals surface area contributed by atoms with Crippen molar-refractivity contribution >= 4 is 40.5 Å². The Bertz CT molecular complexity index is 636. The molecule has 0 amide bonds. The molecule has 2 aliphatic rings. The summed E-state index contributed by atoms with van der Waals surface area (Å²) in [6, 6.07) is 0. The number of carbonyl (C=O) groups excluding carboxylic acids is 1. The molecule has 0 spiro atoms. The van der Waals surface area contributed by atoms with E-state index in [9.17, 15) is 24.6 Å². The largest absolute Gasteiger partial charge is 0.481 e. The normalized spacial score (nSPS) is 33.7. The zero-order chi connectivity index (χ0) is 19.9. The molecule has 2 rings (SSSR count). The molecule has 0 radical (unpaired) electrons. The summed E-state index contributed by atoms with van der Waals surface area (Å²) in [6.45, 7) is 7.91. The fourth-order valence-electron chi connectivity index (χ4n) is 4.24. The van der Waals surface area contributed by atoms with Gasteiger partial charge in [-0.15, -0.1) is 0 Å². The monoisotopic (exact) mass is 478 g/mol. The molecule has 146 valence electrons. The highest BCUT2D eigenvalue weighted by Crippen LogP contribution is 2.60. The van der Waals surface area contributed by atoms with Gasteiger partial charge in [0.2, 0.25) is 0 Å². The van der Waals surface area contributed by atoms with Crippen molar-refractivity contribution in [1.82, 2.24) is 0 Å². The standard InChI is InChI=1S/C19H27IO6/c1-10(2)9-12-13(18(12,3)4)15(23)26-16(20)19(17(24)25)8-6-5-7-11(19)14(21)22/h9,11-13,16H,5-8H2,1-4H3,(H,21,22)(H,24,25)/t11?,12-,13+,16?,19?/m1/s1. The van der Waals surface area contributed by atoms with Crippen molar-refractivity contribution in [3.05, 3.63) is 11.6 Å². The summed E-state index contributed by atoms with van der Waals surface area (Å²) in [6.07, 6.45) is 3.81. The number of rotatable bonds is 6. The van der Waals surface area contributed by atoms with Gasteiger partial charge in [0.05, 0.1) is 11.8 Å². The molecule has 0 aromatic rings. The zero-order valence-electron chi connectivity index (χ0n) is 15.6. The molecule has 6 nitrogen and oxygen atoms in total. The van der Waals surface area contributed by atoms with Gasteiger partial charge in [0.1, 0.15) is 5.41 Å². The van der Waals surface area contributed by atoms with E-state index in [0.29, 0.717) is 12.8 Å². The van der Waals surface area contributed by atoms with E-state index >= 15 is 0 Å². The summed E-state index contributed by atoms with van der Waals surface area (Å²) < 4.78 is 4.56. The number of ether oxygens (including phenoxy) is 1. The third kappa shape index (κ3) is 3.64. The van der Waals surface area contributed by atoms with Crippen LogP contribution in [-0.4, -0.2) is 32.2 Å². The lowest BCUT2D eigenvalue weighted by molar-refractivity contribution is -0.177. The minimum Gasteiger partial charge on any atom is -0.481 e. The van der Waals surface area contributed by atoms with Gasteiger partial charge in [0, 0.05) is 0 Å². The first-order chi connectivity index (χ1) is 12.0. The number of hydrogen-bond donors (Lipinski definition) is 2. The van der Waals surface area contributed by atoms with Gasteiger partial charge in [-0.1, -0.05) is 38.3 Å². The first-order valence-corrected chi connectivity index (χ1v) is 10.2. The molecule has 2 N–H and O–H groups in total. The average Bonchev–Trinajstić information content (AvgIpc) is 3.06. The Balaban J connectivity index is 2.22. The quantitative estimate of drug-likeness (QED) is 0.260. The van der Waals surface area contributed by atoms with Crippen LogP contribution in [0.2, 0.25) is 0 Å². The van der Waals surface area contributed by atoms with Gasteiger partial charge in [-0.2, -0.15) is 0 Å². The highest BCUT2D eigenvalue weighted by Gasteiger charge is 2.63. The second-order valence-electron chi connectivity index (χ2n) is 8.30. The topological polar surface area (TPSA) is 101 Å². The van der Waals surface area contributed by atoms with Crippen molar-refractivity contribution in [3.63, 3.8) is 0 Å². The Morgan fingerprint density at radius 3 is 2.31 bits per heavy atom. The molecule has 0 aromatic heterocycles. The Kier molecular flexibility index (Phi) is 6.09. The first kappa shape index (κ1) is 21.2. The van der Waals surface area contributed by atoms with Gasteiger partial charge < -0.3 is 14.9 Å². The van der Waals surface area contributed by atoms with E-state index in [4.69, 9.17) is 4.74 Å². The second-order valence-corrected chi connectivity index (χ2v) is 9.44. The maximum atomic E-state index is 12.7. The molecule has 3 unspecified atom stereocenters. The number of carbonyl (C=O) groups is 3. The molecular weight excluding hydrogens is 451 g/mol. The Morgan fingerprint density at radius 2 is 1.81 bits per heavy atom. The van der Waals surface area contributed by atoms with Crippen LogP contribution in [0.3, 0.4) is 0 Å². The van der Waals surface area contributed by atoms with Gasteiger partial charge in [-0.25, -0.2) is 0 Å². The van der Waals surface area contributed by atoms with Gasteiger partial charge in [0.25, 0.3) is 0 Å².